The maximum Gasteiger partial charge on any atom is 0.231 e. The number of pyridine rings is 1. The van der Waals surface area contributed by atoms with Gasteiger partial charge in [-0.15, -0.1) is 0 Å². The molecule has 0 saturated carbocycles. The minimum Gasteiger partial charge on any atom is -0.343 e. The van der Waals surface area contributed by atoms with Gasteiger partial charge in [0.2, 0.25) is 11.8 Å². The smallest absolute Gasteiger partial charge is 0.231 e. The first-order valence-corrected chi connectivity index (χ1v) is 20.6. The highest BCUT2D eigenvalue weighted by atomic mass is 16.2. The molecule has 278 valence electrons. The third-order valence-electron chi connectivity index (χ3n) is 12.9. The largest absolute Gasteiger partial charge is 0.343 e. The average Bonchev–Trinajstić information content (AvgIpc) is 3.51. The van der Waals surface area contributed by atoms with Crippen molar-refractivity contribution in [2.45, 2.75) is 122 Å². The van der Waals surface area contributed by atoms with E-state index in [4.69, 9.17) is 0 Å². The van der Waals surface area contributed by atoms with Gasteiger partial charge in [-0.25, -0.2) is 0 Å². The standard InChI is InChI=1S/C45H60N4O3/c1-3-9-32(26-33-18-22-47(2)23-19-33)10-8-15-43(50)37(28-34-16-17-35-11-4-5-12-36(35)27-34)29-44(51)48-24-20-38(21-25-48)49-42-31-46-41-14-7-6-13-39(41)40(42)30-45(49)52/h6-7,13-14,16-17,27,31-33,37-38H,3-5,8-12,15,18-26,28-30H2,1-2H3/t32?,37-/m0/s1. The Morgan fingerprint density at radius 3 is 2.48 bits per heavy atom. The molecule has 1 unspecified atom stereocenters. The number of piperidine rings is 2. The van der Waals surface area contributed by atoms with Crippen LogP contribution < -0.4 is 4.90 Å². The Morgan fingerprint density at radius 2 is 1.69 bits per heavy atom. The molecule has 4 aliphatic rings. The normalized spacial score (nSPS) is 19.8. The number of hydrogen-bond donors (Lipinski definition) is 0. The zero-order valence-electron chi connectivity index (χ0n) is 31.8. The fraction of sp³-hybridized carbons (Fsp3) is 0.600. The zero-order chi connectivity index (χ0) is 36.0. The van der Waals surface area contributed by atoms with Gasteiger partial charge in [-0.2, -0.15) is 0 Å². The van der Waals surface area contributed by atoms with Gasteiger partial charge < -0.3 is 14.7 Å². The van der Waals surface area contributed by atoms with Crippen LogP contribution in [0, 0.1) is 17.8 Å². The summed E-state index contributed by atoms with van der Waals surface area (Å²) in [6, 6.07) is 14.9. The van der Waals surface area contributed by atoms with Crippen molar-refractivity contribution >= 4 is 34.2 Å². The predicted octanol–water partition coefficient (Wildman–Crippen LogP) is 8.13. The van der Waals surface area contributed by atoms with Crippen LogP contribution in [0.3, 0.4) is 0 Å². The fourth-order valence-corrected chi connectivity index (χ4v) is 9.89. The molecule has 0 spiro atoms. The first kappa shape index (κ1) is 36.8. The molecule has 2 amide bonds. The Morgan fingerprint density at radius 1 is 0.923 bits per heavy atom. The van der Waals surface area contributed by atoms with Gasteiger partial charge in [0.15, 0.2) is 0 Å². The van der Waals surface area contributed by atoms with Crippen molar-refractivity contribution in [3.05, 3.63) is 70.9 Å². The van der Waals surface area contributed by atoms with E-state index in [-0.39, 0.29) is 36.0 Å². The Kier molecular flexibility index (Phi) is 12.1. The van der Waals surface area contributed by atoms with Crippen molar-refractivity contribution in [1.29, 1.82) is 0 Å². The number of ketones is 1. The van der Waals surface area contributed by atoms with Crippen molar-refractivity contribution in [3.8, 4) is 0 Å². The molecule has 0 bridgehead atoms. The number of benzene rings is 2. The average molecular weight is 705 g/mol. The molecule has 2 atom stereocenters. The van der Waals surface area contributed by atoms with Crippen molar-refractivity contribution in [3.63, 3.8) is 0 Å². The maximum absolute atomic E-state index is 14.1. The van der Waals surface area contributed by atoms with E-state index in [2.05, 4.69) is 48.1 Å². The van der Waals surface area contributed by atoms with Crippen LogP contribution in [0.2, 0.25) is 0 Å². The van der Waals surface area contributed by atoms with E-state index in [1.54, 1.807) is 0 Å². The van der Waals surface area contributed by atoms with Gasteiger partial charge in [0.05, 0.1) is 23.8 Å². The molecular weight excluding hydrogens is 645 g/mol. The van der Waals surface area contributed by atoms with Gasteiger partial charge in [-0.1, -0.05) is 62.6 Å². The molecule has 0 radical (unpaired) electrons. The van der Waals surface area contributed by atoms with Crippen LogP contribution in [0.4, 0.5) is 5.69 Å². The summed E-state index contributed by atoms with van der Waals surface area (Å²) < 4.78 is 0. The monoisotopic (exact) mass is 704 g/mol. The second-order valence-corrected chi connectivity index (χ2v) is 16.6. The molecule has 3 aromatic rings. The van der Waals surface area contributed by atoms with Gasteiger partial charge in [0.25, 0.3) is 0 Å². The number of carbonyl (C=O) groups excluding carboxylic acids is 3. The quantitative estimate of drug-likeness (QED) is 0.170. The van der Waals surface area contributed by atoms with E-state index in [0.717, 1.165) is 66.6 Å². The minimum atomic E-state index is -0.295. The molecular formula is C45H60N4O3. The summed E-state index contributed by atoms with van der Waals surface area (Å²) >= 11 is 0. The number of carbonyl (C=O) groups is 3. The van der Waals surface area contributed by atoms with E-state index in [0.29, 0.717) is 38.3 Å². The zero-order valence-corrected chi connectivity index (χ0v) is 31.8. The van der Waals surface area contributed by atoms with Gasteiger partial charge >= 0.3 is 0 Å². The lowest BCUT2D eigenvalue weighted by molar-refractivity contribution is -0.136. The number of aryl methyl sites for hydroxylation is 2. The summed E-state index contributed by atoms with van der Waals surface area (Å²) in [6.07, 6.45) is 18.3. The van der Waals surface area contributed by atoms with Crippen LogP contribution >= 0.6 is 0 Å². The summed E-state index contributed by atoms with van der Waals surface area (Å²) in [4.78, 5) is 52.4. The summed E-state index contributed by atoms with van der Waals surface area (Å²) in [5.41, 5.74) is 7.00. The Labute approximate surface area is 311 Å². The summed E-state index contributed by atoms with van der Waals surface area (Å²) in [5, 5.41) is 1.05. The first-order chi connectivity index (χ1) is 25.4. The lowest BCUT2D eigenvalue weighted by atomic mass is 9.82. The molecule has 7 rings (SSSR count). The molecule has 2 aromatic carbocycles. The summed E-state index contributed by atoms with van der Waals surface area (Å²) in [7, 11) is 2.23. The highest BCUT2D eigenvalue weighted by Gasteiger charge is 2.37. The third kappa shape index (κ3) is 8.62. The molecule has 0 N–H and O–H groups in total. The van der Waals surface area contributed by atoms with Crippen LogP contribution in [-0.4, -0.2) is 71.6 Å². The van der Waals surface area contributed by atoms with Crippen LogP contribution in [0.25, 0.3) is 10.9 Å². The van der Waals surface area contributed by atoms with Crippen LogP contribution in [-0.2, 0) is 40.1 Å². The maximum atomic E-state index is 14.1. The number of Topliss-reactive ketones (excluding diaryl/α,β-unsaturated/α-hetero) is 1. The summed E-state index contributed by atoms with van der Waals surface area (Å²) in [5.74, 6) is 1.68. The third-order valence-corrected chi connectivity index (χ3v) is 12.9. The molecule has 4 heterocycles. The van der Waals surface area contributed by atoms with Gasteiger partial charge in [0, 0.05) is 43.3 Å². The molecule has 7 nitrogen and oxygen atoms in total. The van der Waals surface area contributed by atoms with Crippen molar-refractivity contribution in [2.24, 2.45) is 17.8 Å². The van der Waals surface area contributed by atoms with Crippen molar-refractivity contribution < 1.29 is 14.4 Å². The van der Waals surface area contributed by atoms with Crippen molar-refractivity contribution in [2.75, 3.05) is 38.1 Å². The van der Waals surface area contributed by atoms with Gasteiger partial charge in [-0.05, 0) is 131 Å². The van der Waals surface area contributed by atoms with E-state index in [1.807, 2.05) is 34.2 Å². The van der Waals surface area contributed by atoms with E-state index in [9.17, 15) is 14.4 Å². The Hall–Kier alpha value is -3.58. The van der Waals surface area contributed by atoms with Gasteiger partial charge in [0.1, 0.15) is 5.78 Å². The predicted molar refractivity (Wildman–Crippen MR) is 210 cm³/mol. The van der Waals surface area contributed by atoms with Gasteiger partial charge in [-0.3, -0.25) is 19.4 Å². The number of aromatic nitrogens is 1. The summed E-state index contributed by atoms with van der Waals surface area (Å²) in [6.45, 7) is 5.92. The molecule has 2 fully saturated rings. The molecule has 52 heavy (non-hydrogen) atoms. The number of hydrogen-bond acceptors (Lipinski definition) is 5. The molecule has 2 saturated heterocycles. The number of nitrogens with zero attached hydrogens (tertiary/aromatic N) is 4. The van der Waals surface area contributed by atoms with E-state index in [1.165, 1.54) is 74.7 Å². The molecule has 1 aliphatic carbocycles. The fourth-order valence-electron chi connectivity index (χ4n) is 9.89. The van der Waals surface area contributed by atoms with Crippen LogP contribution in [0.5, 0.6) is 0 Å². The first-order valence-electron chi connectivity index (χ1n) is 20.6. The minimum absolute atomic E-state index is 0.0549. The number of likely N-dealkylation sites (tertiary alicyclic amines) is 2. The lowest BCUT2D eigenvalue weighted by Gasteiger charge is -2.37. The number of anilines is 1. The Balaban J connectivity index is 0.980. The highest BCUT2D eigenvalue weighted by molar-refractivity contribution is 6.06. The number of amides is 2. The highest BCUT2D eigenvalue weighted by Crippen LogP contribution is 2.37. The SMILES string of the molecule is CCCC(CCCC(=O)[C@H](CC(=O)N1CCC(N2C(=O)Cc3c2cnc2ccccc32)CC1)Cc1ccc2c(c1)CCCC2)CC1CCN(C)CC1. The lowest BCUT2D eigenvalue weighted by Crippen LogP contribution is -2.48. The second kappa shape index (κ2) is 17.0. The van der Waals surface area contributed by atoms with E-state index >= 15 is 0 Å². The number of para-hydroxylation sites is 1. The topological polar surface area (TPSA) is 73.8 Å². The number of rotatable bonds is 14. The van der Waals surface area contributed by atoms with Crippen LogP contribution in [0.1, 0.15) is 113 Å². The van der Waals surface area contributed by atoms with Crippen LogP contribution in [0.15, 0.2) is 48.7 Å². The number of fused-ring (bicyclic) bond motifs is 4. The molecule has 1 aromatic heterocycles. The molecule has 3 aliphatic heterocycles. The van der Waals surface area contributed by atoms with Crippen molar-refractivity contribution in [1.82, 2.24) is 14.8 Å². The Bertz CT molecular complexity index is 1720. The molecule has 7 heteroatoms. The van der Waals surface area contributed by atoms with E-state index < -0.39 is 0 Å². The second-order valence-electron chi connectivity index (χ2n) is 16.6.